The van der Waals surface area contributed by atoms with E-state index in [0.717, 1.165) is 5.56 Å². The monoisotopic (exact) mass is 369 g/mol. The van der Waals surface area contributed by atoms with Crippen LogP contribution in [-0.4, -0.2) is 15.5 Å². The van der Waals surface area contributed by atoms with Crippen molar-refractivity contribution in [1.29, 1.82) is 0 Å². The fourth-order valence-corrected chi connectivity index (χ4v) is 3.41. The summed E-state index contributed by atoms with van der Waals surface area (Å²) in [5.41, 5.74) is 1.48. The normalized spacial score (nSPS) is 11.0. The van der Waals surface area contributed by atoms with E-state index in [1.807, 2.05) is 30.3 Å². The predicted octanol–water partition coefficient (Wildman–Crippen LogP) is 4.08. The van der Waals surface area contributed by atoms with Crippen LogP contribution >= 0.6 is 0 Å². The Morgan fingerprint density at radius 2 is 1.58 bits per heavy atom. The van der Waals surface area contributed by atoms with Gasteiger partial charge in [-0.2, -0.15) is 0 Å². The first-order valence-electron chi connectivity index (χ1n) is 8.00. The van der Waals surface area contributed by atoms with Gasteiger partial charge in [-0.25, -0.2) is 8.42 Å². The second kappa shape index (κ2) is 7.93. The van der Waals surface area contributed by atoms with E-state index >= 15 is 0 Å². The molecule has 6 heteroatoms. The summed E-state index contributed by atoms with van der Waals surface area (Å²) in [5, 5.41) is 0. The van der Waals surface area contributed by atoms with E-state index in [9.17, 15) is 8.42 Å². The third-order valence-corrected chi connectivity index (χ3v) is 5.10. The molecule has 0 aliphatic rings. The van der Waals surface area contributed by atoms with E-state index in [2.05, 4.69) is 4.72 Å². The number of hydrogen-bond acceptors (Lipinski definition) is 4. The zero-order valence-corrected chi connectivity index (χ0v) is 15.1. The molecule has 134 valence electrons. The van der Waals surface area contributed by atoms with Crippen LogP contribution in [-0.2, 0) is 16.6 Å². The lowest BCUT2D eigenvalue weighted by molar-refractivity contribution is 0.306. The summed E-state index contributed by atoms with van der Waals surface area (Å²) in [6, 6.07) is 22.8. The molecule has 3 rings (SSSR count). The van der Waals surface area contributed by atoms with Crippen LogP contribution in [0.3, 0.4) is 0 Å². The molecule has 0 fully saturated rings. The highest BCUT2D eigenvalue weighted by Gasteiger charge is 2.14. The van der Waals surface area contributed by atoms with Crippen molar-refractivity contribution in [1.82, 2.24) is 0 Å². The molecule has 0 radical (unpaired) electrons. The van der Waals surface area contributed by atoms with Crippen molar-refractivity contribution < 1.29 is 17.9 Å². The average molecular weight is 369 g/mol. The molecule has 3 aromatic rings. The van der Waals surface area contributed by atoms with Gasteiger partial charge in [-0.05, 0) is 42.0 Å². The predicted molar refractivity (Wildman–Crippen MR) is 101 cm³/mol. The van der Waals surface area contributed by atoms with Crippen LogP contribution < -0.4 is 14.2 Å². The van der Waals surface area contributed by atoms with Gasteiger partial charge in [-0.3, -0.25) is 4.72 Å². The summed E-state index contributed by atoms with van der Waals surface area (Å²) in [5.74, 6) is 1.18. The maximum atomic E-state index is 12.5. The van der Waals surface area contributed by atoms with E-state index < -0.39 is 10.0 Å². The molecule has 0 atom stereocenters. The molecule has 0 spiro atoms. The molecule has 0 saturated carbocycles. The van der Waals surface area contributed by atoms with Crippen LogP contribution in [0.4, 0.5) is 5.69 Å². The van der Waals surface area contributed by atoms with Crippen LogP contribution in [0.25, 0.3) is 0 Å². The Balaban J connectivity index is 1.71. The molecule has 5 nitrogen and oxygen atoms in total. The SMILES string of the molecule is COc1ccc(S(=O)(=O)Nc2cccc(OCc3ccccc3)c2)cc1. The third kappa shape index (κ3) is 4.55. The number of anilines is 1. The Morgan fingerprint density at radius 3 is 2.27 bits per heavy atom. The van der Waals surface area contributed by atoms with Gasteiger partial charge in [0.15, 0.2) is 0 Å². The lowest BCUT2D eigenvalue weighted by Crippen LogP contribution is -2.12. The number of benzene rings is 3. The molecule has 0 bridgehead atoms. The molecule has 0 amide bonds. The van der Waals surface area contributed by atoms with Gasteiger partial charge in [-0.15, -0.1) is 0 Å². The number of sulfonamides is 1. The van der Waals surface area contributed by atoms with E-state index in [1.165, 1.54) is 19.2 Å². The third-order valence-electron chi connectivity index (χ3n) is 3.70. The van der Waals surface area contributed by atoms with Crippen LogP contribution in [0.1, 0.15) is 5.56 Å². The molecule has 0 saturated heterocycles. The van der Waals surface area contributed by atoms with Crippen molar-refractivity contribution in [3.05, 3.63) is 84.4 Å². The highest BCUT2D eigenvalue weighted by atomic mass is 32.2. The van der Waals surface area contributed by atoms with Gasteiger partial charge in [0, 0.05) is 6.07 Å². The van der Waals surface area contributed by atoms with E-state index in [0.29, 0.717) is 23.8 Å². The Morgan fingerprint density at radius 1 is 0.846 bits per heavy atom. The Bertz CT molecular complexity index is 955. The molecule has 26 heavy (non-hydrogen) atoms. The lowest BCUT2D eigenvalue weighted by atomic mass is 10.2. The van der Waals surface area contributed by atoms with Gasteiger partial charge in [0.2, 0.25) is 0 Å². The van der Waals surface area contributed by atoms with Crippen molar-refractivity contribution in [3.63, 3.8) is 0 Å². The molecule has 0 heterocycles. The quantitative estimate of drug-likeness (QED) is 0.682. The van der Waals surface area contributed by atoms with E-state index in [-0.39, 0.29) is 4.90 Å². The Labute approximate surface area is 153 Å². The standard InChI is InChI=1S/C20H19NO4S/c1-24-18-10-12-20(13-11-18)26(22,23)21-17-8-5-9-19(14-17)25-15-16-6-3-2-4-7-16/h2-14,21H,15H2,1H3. The highest BCUT2D eigenvalue weighted by molar-refractivity contribution is 7.92. The summed E-state index contributed by atoms with van der Waals surface area (Å²) < 4.78 is 38.3. The zero-order chi connectivity index (χ0) is 18.4. The lowest BCUT2D eigenvalue weighted by Gasteiger charge is -2.11. The van der Waals surface area contributed by atoms with Gasteiger partial charge in [-0.1, -0.05) is 36.4 Å². The molecule has 0 aliphatic heterocycles. The fraction of sp³-hybridized carbons (Fsp3) is 0.100. The second-order valence-corrected chi connectivity index (χ2v) is 7.27. The van der Waals surface area contributed by atoms with Crippen molar-refractivity contribution in [2.24, 2.45) is 0 Å². The van der Waals surface area contributed by atoms with Crippen molar-refractivity contribution >= 4 is 15.7 Å². The topological polar surface area (TPSA) is 64.6 Å². The van der Waals surface area contributed by atoms with Crippen LogP contribution in [0.5, 0.6) is 11.5 Å². The van der Waals surface area contributed by atoms with Gasteiger partial charge in [0.25, 0.3) is 10.0 Å². The molecule has 3 aromatic carbocycles. The molecule has 0 aliphatic carbocycles. The van der Waals surface area contributed by atoms with Crippen LogP contribution in [0.2, 0.25) is 0 Å². The van der Waals surface area contributed by atoms with Gasteiger partial charge >= 0.3 is 0 Å². The molecular formula is C20H19NO4S. The molecular weight excluding hydrogens is 350 g/mol. The van der Waals surface area contributed by atoms with Crippen LogP contribution in [0, 0.1) is 0 Å². The molecule has 1 N–H and O–H groups in total. The van der Waals surface area contributed by atoms with Crippen molar-refractivity contribution in [2.75, 3.05) is 11.8 Å². The minimum atomic E-state index is -3.68. The minimum absolute atomic E-state index is 0.161. The molecule has 0 unspecified atom stereocenters. The first-order valence-corrected chi connectivity index (χ1v) is 9.49. The Hall–Kier alpha value is -2.99. The number of hydrogen-bond donors (Lipinski definition) is 1. The van der Waals surface area contributed by atoms with Gasteiger partial charge < -0.3 is 9.47 Å². The number of rotatable bonds is 7. The zero-order valence-electron chi connectivity index (χ0n) is 14.3. The van der Waals surface area contributed by atoms with Gasteiger partial charge in [0.05, 0.1) is 17.7 Å². The van der Waals surface area contributed by atoms with Crippen molar-refractivity contribution in [3.8, 4) is 11.5 Å². The number of nitrogens with one attached hydrogen (secondary N) is 1. The number of ether oxygens (including phenoxy) is 2. The maximum Gasteiger partial charge on any atom is 0.261 e. The summed E-state index contributed by atoms with van der Waals surface area (Å²) in [6.07, 6.45) is 0. The summed E-state index contributed by atoms with van der Waals surface area (Å²) in [7, 11) is -2.15. The highest BCUT2D eigenvalue weighted by Crippen LogP contribution is 2.22. The minimum Gasteiger partial charge on any atom is -0.497 e. The van der Waals surface area contributed by atoms with Crippen LogP contribution in [0.15, 0.2) is 83.8 Å². The first kappa shape index (κ1) is 17.8. The van der Waals surface area contributed by atoms with E-state index in [4.69, 9.17) is 9.47 Å². The van der Waals surface area contributed by atoms with Crippen molar-refractivity contribution in [2.45, 2.75) is 11.5 Å². The largest absolute Gasteiger partial charge is 0.497 e. The fourth-order valence-electron chi connectivity index (χ4n) is 2.36. The summed E-state index contributed by atoms with van der Waals surface area (Å²) in [6.45, 7) is 0.412. The summed E-state index contributed by atoms with van der Waals surface area (Å²) in [4.78, 5) is 0.161. The second-order valence-electron chi connectivity index (χ2n) is 5.58. The summed E-state index contributed by atoms with van der Waals surface area (Å²) >= 11 is 0. The smallest absolute Gasteiger partial charge is 0.261 e. The molecule has 0 aromatic heterocycles. The number of methoxy groups -OCH3 is 1. The van der Waals surface area contributed by atoms with Gasteiger partial charge in [0.1, 0.15) is 18.1 Å². The van der Waals surface area contributed by atoms with E-state index in [1.54, 1.807) is 36.4 Å². The average Bonchev–Trinajstić information content (AvgIpc) is 2.67. The first-order chi connectivity index (χ1) is 12.6. The Kier molecular flexibility index (Phi) is 5.43. The maximum absolute atomic E-state index is 12.5.